The van der Waals surface area contributed by atoms with Gasteiger partial charge in [0.25, 0.3) is 0 Å². The summed E-state index contributed by atoms with van der Waals surface area (Å²) in [6, 6.07) is 0.0123. The van der Waals surface area contributed by atoms with E-state index in [-0.39, 0.29) is 19.0 Å². The Morgan fingerprint density at radius 2 is 2.12 bits per heavy atom. The summed E-state index contributed by atoms with van der Waals surface area (Å²) in [6.07, 6.45) is -4.71. The number of amides is 1. The van der Waals surface area contributed by atoms with Crippen LogP contribution in [0.4, 0.5) is 13.2 Å². The van der Waals surface area contributed by atoms with Crippen molar-refractivity contribution >= 4 is 5.91 Å². The molecule has 17 heavy (non-hydrogen) atoms. The lowest BCUT2D eigenvalue weighted by Gasteiger charge is -2.09. The molecule has 1 aromatic heterocycles. The zero-order valence-electron chi connectivity index (χ0n) is 9.32. The van der Waals surface area contributed by atoms with Gasteiger partial charge in [-0.25, -0.2) is 4.68 Å². The first-order valence-corrected chi connectivity index (χ1v) is 4.94. The fourth-order valence-corrected chi connectivity index (χ4v) is 1.17. The predicted molar refractivity (Wildman–Crippen MR) is 51.0 cm³/mol. The molecule has 0 fully saturated rings. The molecule has 0 unspecified atom stereocenters. The molecule has 0 saturated carbocycles. The second-order valence-electron chi connectivity index (χ2n) is 3.64. The molecule has 1 amide bonds. The van der Waals surface area contributed by atoms with Crippen molar-refractivity contribution in [1.29, 1.82) is 0 Å². The van der Waals surface area contributed by atoms with Crippen molar-refractivity contribution in [2.24, 2.45) is 0 Å². The molecule has 1 aromatic rings. The van der Waals surface area contributed by atoms with Crippen LogP contribution < -0.4 is 5.32 Å². The molecule has 0 aliphatic rings. The van der Waals surface area contributed by atoms with Gasteiger partial charge in [0.15, 0.2) is 5.82 Å². The summed E-state index contributed by atoms with van der Waals surface area (Å²) < 4.78 is 37.1. The Morgan fingerprint density at radius 1 is 1.47 bits per heavy atom. The van der Waals surface area contributed by atoms with Gasteiger partial charge in [0.2, 0.25) is 0 Å². The van der Waals surface area contributed by atoms with E-state index in [2.05, 4.69) is 15.5 Å². The Balaban J connectivity index is 2.47. The molecular formula is C8H12F3N5O. The minimum Gasteiger partial charge on any atom is -0.348 e. The molecule has 0 atom stereocenters. The van der Waals surface area contributed by atoms with E-state index >= 15 is 0 Å². The van der Waals surface area contributed by atoms with E-state index in [1.54, 1.807) is 5.32 Å². The molecule has 1 heterocycles. The number of carbonyl (C=O) groups is 1. The van der Waals surface area contributed by atoms with E-state index in [4.69, 9.17) is 0 Å². The van der Waals surface area contributed by atoms with Gasteiger partial charge in [-0.05, 0) is 24.3 Å². The summed E-state index contributed by atoms with van der Waals surface area (Å²) in [5, 5.41) is 12.5. The minimum atomic E-state index is -4.86. The Hall–Kier alpha value is -1.67. The number of carbonyl (C=O) groups excluding carboxylic acids is 1. The summed E-state index contributed by atoms with van der Waals surface area (Å²) in [5.74, 6) is -1.52. The van der Waals surface area contributed by atoms with Gasteiger partial charge in [0.05, 0.1) is 6.04 Å². The highest BCUT2D eigenvalue weighted by atomic mass is 19.4. The molecule has 0 radical (unpaired) electrons. The fourth-order valence-electron chi connectivity index (χ4n) is 1.17. The van der Waals surface area contributed by atoms with Crippen LogP contribution in [0.15, 0.2) is 0 Å². The van der Waals surface area contributed by atoms with Gasteiger partial charge in [-0.15, -0.1) is 5.10 Å². The minimum absolute atomic E-state index is 0.0123. The smallest absolute Gasteiger partial charge is 0.348 e. The lowest BCUT2D eigenvalue weighted by atomic mass is 10.3. The van der Waals surface area contributed by atoms with E-state index in [1.807, 2.05) is 13.8 Å². The maximum absolute atomic E-state index is 11.9. The SMILES string of the molecule is CC(C)n1nnnc1CCNC(=O)C(F)(F)F. The molecule has 96 valence electrons. The van der Waals surface area contributed by atoms with Crippen molar-refractivity contribution in [3.63, 3.8) is 0 Å². The first kappa shape index (κ1) is 13.4. The number of aromatic nitrogens is 4. The van der Waals surface area contributed by atoms with Crippen molar-refractivity contribution in [3.8, 4) is 0 Å². The molecule has 9 heteroatoms. The molecule has 0 aliphatic carbocycles. The van der Waals surface area contributed by atoms with Crippen LogP contribution in [0, 0.1) is 0 Å². The van der Waals surface area contributed by atoms with Gasteiger partial charge in [0.1, 0.15) is 0 Å². The Morgan fingerprint density at radius 3 is 2.65 bits per heavy atom. The van der Waals surface area contributed by atoms with Crippen LogP contribution in [0.2, 0.25) is 0 Å². The third-order valence-corrected chi connectivity index (χ3v) is 1.94. The van der Waals surface area contributed by atoms with E-state index < -0.39 is 12.1 Å². The zero-order valence-corrected chi connectivity index (χ0v) is 9.32. The van der Waals surface area contributed by atoms with Crippen molar-refractivity contribution in [3.05, 3.63) is 5.82 Å². The second-order valence-corrected chi connectivity index (χ2v) is 3.64. The van der Waals surface area contributed by atoms with Crippen LogP contribution in [0.3, 0.4) is 0 Å². The van der Waals surface area contributed by atoms with Gasteiger partial charge in [-0.2, -0.15) is 13.2 Å². The van der Waals surface area contributed by atoms with Crippen molar-refractivity contribution in [2.45, 2.75) is 32.5 Å². The monoisotopic (exact) mass is 251 g/mol. The maximum atomic E-state index is 11.9. The average molecular weight is 251 g/mol. The molecule has 1 N–H and O–H groups in total. The predicted octanol–water partition coefficient (Wildman–Crippen LogP) is 0.475. The first-order valence-electron chi connectivity index (χ1n) is 4.94. The first-order chi connectivity index (χ1) is 7.82. The third kappa shape index (κ3) is 3.68. The normalized spacial score (nSPS) is 11.9. The molecule has 6 nitrogen and oxygen atoms in total. The standard InChI is InChI=1S/C8H12F3N5O/c1-5(2)16-6(13-14-15-16)3-4-12-7(17)8(9,10)11/h5H,3-4H2,1-2H3,(H,12,17). The number of hydrogen-bond acceptors (Lipinski definition) is 4. The van der Waals surface area contributed by atoms with Crippen LogP contribution in [-0.2, 0) is 11.2 Å². The van der Waals surface area contributed by atoms with E-state index in [1.165, 1.54) is 4.68 Å². The number of nitrogens with one attached hydrogen (secondary N) is 1. The zero-order chi connectivity index (χ0) is 13.1. The van der Waals surface area contributed by atoms with Gasteiger partial charge < -0.3 is 5.32 Å². The fraction of sp³-hybridized carbons (Fsp3) is 0.750. The van der Waals surface area contributed by atoms with Gasteiger partial charge in [-0.3, -0.25) is 4.79 Å². The van der Waals surface area contributed by atoms with Gasteiger partial charge in [0, 0.05) is 13.0 Å². The van der Waals surface area contributed by atoms with Crippen LogP contribution in [0.1, 0.15) is 25.7 Å². The number of rotatable bonds is 4. The molecule has 0 aliphatic heterocycles. The summed E-state index contributed by atoms with van der Waals surface area (Å²) in [5.41, 5.74) is 0. The van der Waals surface area contributed by atoms with E-state index in [0.717, 1.165) is 0 Å². The summed E-state index contributed by atoms with van der Waals surface area (Å²) in [6.45, 7) is 3.52. The summed E-state index contributed by atoms with van der Waals surface area (Å²) in [4.78, 5) is 10.5. The van der Waals surface area contributed by atoms with Crippen LogP contribution in [0.25, 0.3) is 0 Å². The third-order valence-electron chi connectivity index (χ3n) is 1.94. The highest BCUT2D eigenvalue weighted by molar-refractivity contribution is 5.81. The summed E-state index contributed by atoms with van der Waals surface area (Å²) >= 11 is 0. The van der Waals surface area contributed by atoms with Crippen LogP contribution >= 0.6 is 0 Å². The number of tetrazole rings is 1. The highest BCUT2D eigenvalue weighted by Crippen LogP contribution is 2.13. The number of alkyl halides is 3. The topological polar surface area (TPSA) is 72.7 Å². The van der Waals surface area contributed by atoms with Crippen LogP contribution in [-0.4, -0.2) is 38.8 Å². The Bertz CT molecular complexity index is 387. The lowest BCUT2D eigenvalue weighted by molar-refractivity contribution is -0.173. The quantitative estimate of drug-likeness (QED) is 0.844. The molecule has 0 saturated heterocycles. The largest absolute Gasteiger partial charge is 0.471 e. The summed E-state index contributed by atoms with van der Waals surface area (Å²) in [7, 11) is 0. The van der Waals surface area contributed by atoms with Crippen molar-refractivity contribution in [2.75, 3.05) is 6.54 Å². The van der Waals surface area contributed by atoms with Gasteiger partial charge >= 0.3 is 12.1 Å². The van der Waals surface area contributed by atoms with E-state index in [0.29, 0.717) is 5.82 Å². The Labute approximate surface area is 95.2 Å². The Kier molecular flexibility index (Phi) is 4.02. The van der Waals surface area contributed by atoms with Gasteiger partial charge in [-0.1, -0.05) is 0 Å². The van der Waals surface area contributed by atoms with Crippen molar-refractivity contribution < 1.29 is 18.0 Å². The second kappa shape index (κ2) is 5.11. The molecular weight excluding hydrogens is 239 g/mol. The number of hydrogen-bond donors (Lipinski definition) is 1. The molecule has 0 bridgehead atoms. The molecule has 0 spiro atoms. The van der Waals surface area contributed by atoms with Crippen molar-refractivity contribution in [1.82, 2.24) is 25.5 Å². The number of nitrogens with zero attached hydrogens (tertiary/aromatic N) is 4. The van der Waals surface area contributed by atoms with E-state index in [9.17, 15) is 18.0 Å². The average Bonchev–Trinajstić information content (AvgIpc) is 2.64. The lowest BCUT2D eigenvalue weighted by Crippen LogP contribution is -2.38. The van der Waals surface area contributed by atoms with Crippen LogP contribution in [0.5, 0.6) is 0 Å². The molecule has 1 rings (SSSR count). The highest BCUT2D eigenvalue weighted by Gasteiger charge is 2.38. The molecule has 0 aromatic carbocycles. The maximum Gasteiger partial charge on any atom is 0.471 e. The number of halogens is 3.